The van der Waals surface area contributed by atoms with Crippen LogP contribution in [-0.4, -0.2) is 26.2 Å². The molecule has 1 fully saturated rings. The van der Waals surface area contributed by atoms with E-state index in [0.717, 1.165) is 13.1 Å². The molecule has 0 bridgehead atoms. The second kappa shape index (κ2) is 4.11. The summed E-state index contributed by atoms with van der Waals surface area (Å²) in [5.41, 5.74) is 0.680. The highest BCUT2D eigenvalue weighted by Gasteiger charge is 2.19. The van der Waals surface area contributed by atoms with Crippen molar-refractivity contribution in [1.29, 1.82) is 0 Å². The molecular weight excluding hydrogens is 198 g/mol. The summed E-state index contributed by atoms with van der Waals surface area (Å²) >= 11 is 1.65. The minimum absolute atomic E-state index is 0.238. The molecule has 1 N–H and O–H groups in total. The first-order valence-electron chi connectivity index (χ1n) is 4.68. The Labute approximate surface area is 87.1 Å². The number of nitrogens with one attached hydrogen (secondary N) is 1. The molecule has 0 aromatic carbocycles. The highest BCUT2D eigenvalue weighted by atomic mass is 32.1. The second-order valence-corrected chi connectivity index (χ2v) is 4.36. The van der Waals surface area contributed by atoms with Gasteiger partial charge in [-0.2, -0.15) is 0 Å². The standard InChI is InChI=1S/C10H13NO2S/c1-13-10(12)8-4-9(14-6-8)7-2-3-11-5-7/h4,6-7,11H,2-3,5H2,1H3. The van der Waals surface area contributed by atoms with Gasteiger partial charge >= 0.3 is 5.97 Å². The Morgan fingerprint density at radius 2 is 2.57 bits per heavy atom. The van der Waals surface area contributed by atoms with Crippen LogP contribution in [0.4, 0.5) is 0 Å². The van der Waals surface area contributed by atoms with Gasteiger partial charge in [0.25, 0.3) is 0 Å². The van der Waals surface area contributed by atoms with E-state index in [2.05, 4.69) is 10.1 Å². The molecule has 0 spiro atoms. The summed E-state index contributed by atoms with van der Waals surface area (Å²) in [5.74, 6) is 0.344. The Morgan fingerprint density at radius 3 is 3.21 bits per heavy atom. The summed E-state index contributed by atoms with van der Waals surface area (Å²) in [7, 11) is 1.41. The molecule has 0 saturated carbocycles. The lowest BCUT2D eigenvalue weighted by molar-refractivity contribution is 0.0601. The third kappa shape index (κ3) is 1.81. The molecule has 1 saturated heterocycles. The quantitative estimate of drug-likeness (QED) is 0.755. The lowest BCUT2D eigenvalue weighted by Gasteiger charge is -2.02. The highest BCUT2D eigenvalue weighted by molar-refractivity contribution is 7.10. The van der Waals surface area contributed by atoms with Crippen LogP contribution in [0.5, 0.6) is 0 Å². The second-order valence-electron chi connectivity index (χ2n) is 3.42. The topological polar surface area (TPSA) is 38.3 Å². The van der Waals surface area contributed by atoms with Gasteiger partial charge in [-0.25, -0.2) is 4.79 Å². The normalized spacial score (nSPS) is 21.1. The van der Waals surface area contributed by atoms with Crippen molar-refractivity contribution in [3.63, 3.8) is 0 Å². The molecule has 3 nitrogen and oxygen atoms in total. The maximum Gasteiger partial charge on any atom is 0.338 e. The van der Waals surface area contributed by atoms with Gasteiger partial charge in [0.1, 0.15) is 0 Å². The van der Waals surface area contributed by atoms with Crippen LogP contribution in [0.25, 0.3) is 0 Å². The van der Waals surface area contributed by atoms with Crippen molar-refractivity contribution in [2.24, 2.45) is 0 Å². The van der Waals surface area contributed by atoms with Crippen molar-refractivity contribution < 1.29 is 9.53 Å². The minimum atomic E-state index is -0.238. The summed E-state index contributed by atoms with van der Waals surface area (Å²) in [6, 6.07) is 1.95. The number of esters is 1. The monoisotopic (exact) mass is 211 g/mol. The molecule has 14 heavy (non-hydrogen) atoms. The molecule has 0 aliphatic carbocycles. The Balaban J connectivity index is 2.12. The Hall–Kier alpha value is -0.870. The van der Waals surface area contributed by atoms with E-state index >= 15 is 0 Å². The molecule has 1 aliphatic heterocycles. The number of carbonyl (C=O) groups is 1. The van der Waals surface area contributed by atoms with Crippen molar-refractivity contribution in [1.82, 2.24) is 5.32 Å². The number of methoxy groups -OCH3 is 1. The maximum absolute atomic E-state index is 11.2. The van der Waals surface area contributed by atoms with Crippen molar-refractivity contribution in [3.8, 4) is 0 Å². The van der Waals surface area contributed by atoms with Gasteiger partial charge in [-0.15, -0.1) is 11.3 Å². The molecule has 2 rings (SSSR count). The zero-order chi connectivity index (χ0) is 9.97. The average Bonchev–Trinajstić information content (AvgIpc) is 2.86. The van der Waals surface area contributed by atoms with Crippen LogP contribution in [0.3, 0.4) is 0 Å². The molecule has 1 aliphatic rings. The predicted molar refractivity (Wildman–Crippen MR) is 55.9 cm³/mol. The van der Waals surface area contributed by atoms with E-state index in [0.29, 0.717) is 11.5 Å². The maximum atomic E-state index is 11.2. The van der Waals surface area contributed by atoms with Gasteiger partial charge in [0.15, 0.2) is 0 Å². The van der Waals surface area contributed by atoms with Crippen LogP contribution in [0.15, 0.2) is 11.4 Å². The molecule has 1 unspecified atom stereocenters. The van der Waals surface area contributed by atoms with Crippen LogP contribution in [0.2, 0.25) is 0 Å². The summed E-state index contributed by atoms with van der Waals surface area (Å²) in [6.45, 7) is 2.11. The van der Waals surface area contributed by atoms with E-state index in [1.54, 1.807) is 11.3 Å². The largest absolute Gasteiger partial charge is 0.465 e. The van der Waals surface area contributed by atoms with E-state index in [-0.39, 0.29) is 5.97 Å². The van der Waals surface area contributed by atoms with Crippen LogP contribution < -0.4 is 5.32 Å². The molecule has 4 heteroatoms. The third-order valence-corrected chi connectivity index (χ3v) is 3.60. The van der Waals surface area contributed by atoms with Crippen LogP contribution in [0.1, 0.15) is 27.6 Å². The summed E-state index contributed by atoms with van der Waals surface area (Å²) in [4.78, 5) is 12.5. The summed E-state index contributed by atoms with van der Waals surface area (Å²) in [5, 5.41) is 5.19. The van der Waals surface area contributed by atoms with Gasteiger partial charge in [-0.05, 0) is 19.0 Å². The first-order valence-corrected chi connectivity index (χ1v) is 5.56. The van der Waals surface area contributed by atoms with Gasteiger partial charge in [0, 0.05) is 22.7 Å². The summed E-state index contributed by atoms with van der Waals surface area (Å²) < 4.78 is 4.66. The van der Waals surface area contributed by atoms with Gasteiger partial charge < -0.3 is 10.1 Å². The van der Waals surface area contributed by atoms with Gasteiger partial charge in [0.05, 0.1) is 12.7 Å². The Bertz CT molecular complexity index is 329. The first-order chi connectivity index (χ1) is 6.81. The lowest BCUT2D eigenvalue weighted by atomic mass is 10.1. The van der Waals surface area contributed by atoms with Gasteiger partial charge in [0.2, 0.25) is 0 Å². The molecule has 1 aromatic rings. The highest BCUT2D eigenvalue weighted by Crippen LogP contribution is 2.28. The molecular formula is C10H13NO2S. The number of rotatable bonds is 2. The predicted octanol–water partition coefficient (Wildman–Crippen LogP) is 1.61. The molecule has 76 valence electrons. The van der Waals surface area contributed by atoms with Crippen molar-refractivity contribution in [3.05, 3.63) is 21.9 Å². The molecule has 0 amide bonds. The van der Waals surface area contributed by atoms with E-state index < -0.39 is 0 Å². The SMILES string of the molecule is COC(=O)c1csc(C2CCNC2)c1. The van der Waals surface area contributed by atoms with E-state index in [4.69, 9.17) is 0 Å². The number of ether oxygens (including phenoxy) is 1. The zero-order valence-corrected chi connectivity index (χ0v) is 8.89. The zero-order valence-electron chi connectivity index (χ0n) is 8.08. The average molecular weight is 211 g/mol. The fourth-order valence-electron chi connectivity index (χ4n) is 1.69. The molecule has 2 heterocycles. The van der Waals surface area contributed by atoms with Crippen LogP contribution in [0, 0.1) is 0 Å². The number of carbonyl (C=O) groups excluding carboxylic acids is 1. The number of hydrogen-bond acceptors (Lipinski definition) is 4. The van der Waals surface area contributed by atoms with E-state index in [9.17, 15) is 4.79 Å². The minimum Gasteiger partial charge on any atom is -0.465 e. The van der Waals surface area contributed by atoms with Gasteiger partial charge in [-0.1, -0.05) is 0 Å². The van der Waals surface area contributed by atoms with Crippen LogP contribution in [-0.2, 0) is 4.74 Å². The van der Waals surface area contributed by atoms with Gasteiger partial charge in [-0.3, -0.25) is 0 Å². The Kier molecular flexibility index (Phi) is 2.84. The van der Waals surface area contributed by atoms with E-state index in [1.165, 1.54) is 18.4 Å². The molecule has 1 aromatic heterocycles. The number of thiophene rings is 1. The van der Waals surface area contributed by atoms with Crippen molar-refractivity contribution in [2.45, 2.75) is 12.3 Å². The summed E-state index contributed by atoms with van der Waals surface area (Å²) in [6.07, 6.45) is 1.17. The molecule has 0 radical (unpaired) electrons. The molecule has 1 atom stereocenters. The fraction of sp³-hybridized carbons (Fsp3) is 0.500. The lowest BCUT2D eigenvalue weighted by Crippen LogP contribution is -2.07. The Morgan fingerprint density at radius 1 is 1.71 bits per heavy atom. The van der Waals surface area contributed by atoms with Crippen molar-refractivity contribution >= 4 is 17.3 Å². The van der Waals surface area contributed by atoms with Crippen LogP contribution >= 0.6 is 11.3 Å². The first kappa shape index (κ1) is 9.68. The fourth-order valence-corrected chi connectivity index (χ4v) is 2.71. The van der Waals surface area contributed by atoms with E-state index in [1.807, 2.05) is 11.4 Å². The van der Waals surface area contributed by atoms with Crippen molar-refractivity contribution in [2.75, 3.05) is 20.2 Å². The smallest absolute Gasteiger partial charge is 0.338 e. The third-order valence-electron chi connectivity index (χ3n) is 2.50. The number of hydrogen-bond donors (Lipinski definition) is 1.